The third-order valence-corrected chi connectivity index (χ3v) is 4.58. The SMILES string of the molecule is N#CCCCOc1cccc(CN2CC(O)C3(CC3)C2)c1. The number of β-amino-alcohol motifs (C(OH)–C–C–N with tert-alkyl or cyclic N) is 1. The van der Waals surface area contributed by atoms with Crippen molar-refractivity contribution in [3.63, 3.8) is 0 Å². The topological polar surface area (TPSA) is 56.5 Å². The molecule has 1 N–H and O–H groups in total. The van der Waals surface area contributed by atoms with E-state index in [1.165, 1.54) is 18.4 Å². The molecule has 1 saturated carbocycles. The van der Waals surface area contributed by atoms with E-state index in [1.807, 2.05) is 12.1 Å². The second-order valence-electron chi connectivity index (χ2n) is 6.31. The molecule has 1 aromatic carbocycles. The highest BCUT2D eigenvalue weighted by Crippen LogP contribution is 2.52. The fraction of sp³-hybridized carbons (Fsp3) is 0.588. The zero-order chi connectivity index (χ0) is 14.7. The summed E-state index contributed by atoms with van der Waals surface area (Å²) in [5.74, 6) is 0.867. The highest BCUT2D eigenvalue weighted by molar-refractivity contribution is 5.28. The minimum absolute atomic E-state index is 0.150. The summed E-state index contributed by atoms with van der Waals surface area (Å²) in [6.07, 6.45) is 3.50. The lowest BCUT2D eigenvalue weighted by molar-refractivity contribution is 0.131. The molecule has 0 amide bonds. The maximum Gasteiger partial charge on any atom is 0.119 e. The van der Waals surface area contributed by atoms with Gasteiger partial charge in [0, 0.05) is 31.5 Å². The number of aliphatic hydroxyl groups is 1. The molecular weight excluding hydrogens is 264 g/mol. The van der Waals surface area contributed by atoms with Gasteiger partial charge in [0.15, 0.2) is 0 Å². The van der Waals surface area contributed by atoms with Crippen LogP contribution < -0.4 is 4.74 Å². The summed E-state index contributed by atoms with van der Waals surface area (Å²) in [5.41, 5.74) is 1.43. The van der Waals surface area contributed by atoms with Crippen LogP contribution >= 0.6 is 0 Å². The Hall–Kier alpha value is -1.57. The van der Waals surface area contributed by atoms with Crippen molar-refractivity contribution in [1.82, 2.24) is 4.90 Å². The average molecular weight is 286 g/mol. The first-order chi connectivity index (χ1) is 10.2. The Labute approximate surface area is 125 Å². The summed E-state index contributed by atoms with van der Waals surface area (Å²) >= 11 is 0. The van der Waals surface area contributed by atoms with Gasteiger partial charge in [-0.1, -0.05) is 12.1 Å². The summed E-state index contributed by atoms with van der Waals surface area (Å²) < 4.78 is 5.67. The molecule has 1 atom stereocenters. The molecule has 1 spiro atoms. The second kappa shape index (κ2) is 6.05. The zero-order valence-corrected chi connectivity index (χ0v) is 12.3. The molecule has 0 bridgehead atoms. The quantitative estimate of drug-likeness (QED) is 0.815. The van der Waals surface area contributed by atoms with Crippen LogP contribution in [0.15, 0.2) is 24.3 Å². The van der Waals surface area contributed by atoms with Gasteiger partial charge in [0.25, 0.3) is 0 Å². The molecule has 4 heteroatoms. The minimum Gasteiger partial charge on any atom is -0.494 e. The van der Waals surface area contributed by atoms with Gasteiger partial charge in [-0.15, -0.1) is 0 Å². The molecule has 1 aliphatic carbocycles. The number of ether oxygens (including phenoxy) is 1. The van der Waals surface area contributed by atoms with E-state index in [-0.39, 0.29) is 11.5 Å². The molecule has 0 radical (unpaired) electrons. The van der Waals surface area contributed by atoms with E-state index >= 15 is 0 Å². The first-order valence-electron chi connectivity index (χ1n) is 7.71. The predicted octanol–water partition coefficient (Wildman–Crippen LogP) is 2.33. The van der Waals surface area contributed by atoms with Gasteiger partial charge in [0.1, 0.15) is 5.75 Å². The lowest BCUT2D eigenvalue weighted by atomic mass is 10.0. The van der Waals surface area contributed by atoms with Gasteiger partial charge in [-0.3, -0.25) is 4.90 Å². The summed E-state index contributed by atoms with van der Waals surface area (Å²) in [5, 5.41) is 18.6. The van der Waals surface area contributed by atoms with Crippen molar-refractivity contribution in [3.05, 3.63) is 29.8 Å². The lowest BCUT2D eigenvalue weighted by Gasteiger charge is -2.16. The Kier molecular flexibility index (Phi) is 4.14. The number of benzene rings is 1. The van der Waals surface area contributed by atoms with Crippen molar-refractivity contribution in [2.24, 2.45) is 5.41 Å². The van der Waals surface area contributed by atoms with Crippen molar-refractivity contribution < 1.29 is 9.84 Å². The number of likely N-dealkylation sites (tertiary alicyclic amines) is 1. The summed E-state index contributed by atoms with van der Waals surface area (Å²) in [6, 6.07) is 10.3. The van der Waals surface area contributed by atoms with Gasteiger partial charge in [0.2, 0.25) is 0 Å². The predicted molar refractivity (Wildman–Crippen MR) is 79.7 cm³/mol. The molecule has 21 heavy (non-hydrogen) atoms. The van der Waals surface area contributed by atoms with Crippen LogP contribution in [0.3, 0.4) is 0 Å². The molecule has 1 unspecified atom stereocenters. The van der Waals surface area contributed by atoms with E-state index in [9.17, 15) is 5.11 Å². The molecule has 1 aliphatic heterocycles. The molecule has 1 saturated heterocycles. The van der Waals surface area contributed by atoms with Crippen LogP contribution in [0.1, 0.15) is 31.2 Å². The Bertz CT molecular complexity index is 534. The van der Waals surface area contributed by atoms with E-state index < -0.39 is 0 Å². The van der Waals surface area contributed by atoms with Crippen molar-refractivity contribution in [1.29, 1.82) is 5.26 Å². The molecule has 2 aliphatic rings. The van der Waals surface area contributed by atoms with Gasteiger partial charge in [-0.25, -0.2) is 0 Å². The summed E-state index contributed by atoms with van der Waals surface area (Å²) in [6.45, 7) is 3.26. The van der Waals surface area contributed by atoms with Crippen LogP contribution in [0, 0.1) is 16.7 Å². The number of nitriles is 1. The molecule has 0 aromatic heterocycles. The highest BCUT2D eigenvalue weighted by atomic mass is 16.5. The monoisotopic (exact) mass is 286 g/mol. The van der Waals surface area contributed by atoms with Crippen molar-refractivity contribution in [2.45, 2.75) is 38.3 Å². The second-order valence-corrected chi connectivity index (χ2v) is 6.31. The van der Waals surface area contributed by atoms with Crippen molar-refractivity contribution in [3.8, 4) is 11.8 Å². The number of hydrogen-bond donors (Lipinski definition) is 1. The number of unbranched alkanes of at least 4 members (excludes halogenated alkanes) is 1. The van der Waals surface area contributed by atoms with E-state index in [1.54, 1.807) is 0 Å². The number of aliphatic hydroxyl groups excluding tert-OH is 1. The molecular formula is C17H22N2O2. The normalized spacial score (nSPS) is 23.1. The van der Waals surface area contributed by atoms with Crippen molar-refractivity contribution in [2.75, 3.05) is 19.7 Å². The van der Waals surface area contributed by atoms with Gasteiger partial charge in [-0.05, 0) is 37.0 Å². The van der Waals surface area contributed by atoms with Crippen LogP contribution in [0.25, 0.3) is 0 Å². The lowest BCUT2D eigenvalue weighted by Crippen LogP contribution is -2.21. The van der Waals surface area contributed by atoms with Crippen LogP contribution in [0.5, 0.6) is 5.75 Å². The molecule has 1 aromatic rings. The molecule has 4 nitrogen and oxygen atoms in total. The van der Waals surface area contributed by atoms with Crippen molar-refractivity contribution >= 4 is 0 Å². The smallest absolute Gasteiger partial charge is 0.119 e. The minimum atomic E-state index is -0.150. The average Bonchev–Trinajstić information content (AvgIpc) is 3.18. The van der Waals surface area contributed by atoms with E-state index in [2.05, 4.69) is 23.1 Å². The Morgan fingerprint density at radius 3 is 3.00 bits per heavy atom. The van der Waals surface area contributed by atoms with Crippen LogP contribution in [0.2, 0.25) is 0 Å². The van der Waals surface area contributed by atoms with E-state index in [0.29, 0.717) is 13.0 Å². The van der Waals surface area contributed by atoms with Crippen LogP contribution in [0.4, 0.5) is 0 Å². The maximum absolute atomic E-state index is 10.1. The zero-order valence-electron chi connectivity index (χ0n) is 12.3. The Balaban J connectivity index is 1.53. The first kappa shape index (κ1) is 14.4. The maximum atomic E-state index is 10.1. The third kappa shape index (κ3) is 3.37. The Morgan fingerprint density at radius 2 is 2.29 bits per heavy atom. The Morgan fingerprint density at radius 1 is 1.43 bits per heavy atom. The van der Waals surface area contributed by atoms with Crippen LogP contribution in [-0.4, -0.2) is 35.8 Å². The molecule has 1 heterocycles. The number of hydrogen-bond acceptors (Lipinski definition) is 4. The summed E-state index contributed by atoms with van der Waals surface area (Å²) in [7, 11) is 0. The van der Waals surface area contributed by atoms with Gasteiger partial charge < -0.3 is 9.84 Å². The fourth-order valence-corrected chi connectivity index (χ4v) is 3.16. The number of rotatable bonds is 6. The standard InChI is InChI=1S/C17H22N2O2/c18-8-1-2-9-21-15-5-3-4-14(10-15)11-19-12-16(20)17(13-19)6-7-17/h3-5,10,16,20H,1-2,6-7,9,11-13H2. The highest BCUT2D eigenvalue weighted by Gasteiger charge is 2.54. The van der Waals surface area contributed by atoms with Crippen LogP contribution in [-0.2, 0) is 6.54 Å². The van der Waals surface area contributed by atoms with Gasteiger partial charge in [0.05, 0.1) is 18.8 Å². The van der Waals surface area contributed by atoms with Gasteiger partial charge in [-0.2, -0.15) is 5.26 Å². The molecule has 2 fully saturated rings. The van der Waals surface area contributed by atoms with Gasteiger partial charge >= 0.3 is 0 Å². The summed E-state index contributed by atoms with van der Waals surface area (Å²) in [4.78, 5) is 2.34. The largest absolute Gasteiger partial charge is 0.494 e. The van der Waals surface area contributed by atoms with E-state index in [4.69, 9.17) is 10.00 Å². The third-order valence-electron chi connectivity index (χ3n) is 4.58. The number of nitrogens with zero attached hydrogens (tertiary/aromatic N) is 2. The molecule has 112 valence electrons. The first-order valence-corrected chi connectivity index (χ1v) is 7.71. The molecule has 3 rings (SSSR count). The fourth-order valence-electron chi connectivity index (χ4n) is 3.16. The van der Waals surface area contributed by atoms with E-state index in [0.717, 1.165) is 31.8 Å².